The van der Waals surface area contributed by atoms with Crippen LogP contribution >= 0.6 is 0 Å². The fraction of sp³-hybridized carbons (Fsp3) is 0.906. The van der Waals surface area contributed by atoms with Gasteiger partial charge < -0.3 is 9.47 Å². The standard InChI is InChI=1S/C32H52O3/c1-27(2)16-18-32(26(33)35-9)19-17-30(6)21(22(32)20-27)10-11-24-29(5)14-13-25(34-8)28(3,4)23(29)12-15-31(24,30)7/h10,22-25H,11-20H2,1-9H3/t22-,23-,24+,25-,29-,30+,31+,32-/m0/s1. The molecule has 8 atom stereocenters. The van der Waals surface area contributed by atoms with Gasteiger partial charge in [-0.3, -0.25) is 4.79 Å². The molecule has 0 unspecified atom stereocenters. The van der Waals surface area contributed by atoms with Crippen LogP contribution in [0.15, 0.2) is 11.6 Å². The number of carbonyl (C=O) groups excluding carboxylic acids is 1. The van der Waals surface area contributed by atoms with Crippen LogP contribution in [0.25, 0.3) is 0 Å². The number of allylic oxidation sites excluding steroid dienone is 2. The molecule has 4 fully saturated rings. The molecule has 5 rings (SSSR count). The van der Waals surface area contributed by atoms with Gasteiger partial charge in [0.25, 0.3) is 0 Å². The van der Waals surface area contributed by atoms with E-state index in [1.807, 2.05) is 7.11 Å². The smallest absolute Gasteiger partial charge is 0.312 e. The topological polar surface area (TPSA) is 35.5 Å². The highest BCUT2D eigenvalue weighted by molar-refractivity contribution is 5.78. The number of hydrogen-bond acceptors (Lipinski definition) is 3. The molecule has 0 aliphatic heterocycles. The molecule has 0 saturated heterocycles. The summed E-state index contributed by atoms with van der Waals surface area (Å²) in [6.45, 7) is 17.7. The van der Waals surface area contributed by atoms with Gasteiger partial charge >= 0.3 is 5.97 Å². The molecular weight excluding hydrogens is 432 g/mol. The SMILES string of the molecule is COC(=O)[C@]12CCC(C)(C)C[C@H]1C1=CC[C@@H]3[C@@]4(C)CC[C@H](OC)C(C)(C)[C@@H]4CC[C@@]3(C)[C@]1(C)CC2. The minimum absolute atomic E-state index is 0.0588. The highest BCUT2D eigenvalue weighted by Gasteiger charge is 2.69. The number of ether oxygens (including phenoxy) is 2. The first-order valence-corrected chi connectivity index (χ1v) is 14.5. The molecule has 4 saturated carbocycles. The first-order chi connectivity index (χ1) is 16.2. The van der Waals surface area contributed by atoms with Gasteiger partial charge in [-0.15, -0.1) is 0 Å². The van der Waals surface area contributed by atoms with E-state index < -0.39 is 0 Å². The molecule has 0 N–H and O–H groups in total. The van der Waals surface area contributed by atoms with Crippen molar-refractivity contribution in [2.45, 2.75) is 119 Å². The molecule has 3 nitrogen and oxygen atoms in total. The lowest BCUT2D eigenvalue weighted by Crippen LogP contribution is -2.65. The molecule has 0 heterocycles. The molecule has 5 aliphatic rings. The molecule has 0 radical (unpaired) electrons. The molecule has 0 aromatic heterocycles. The summed E-state index contributed by atoms with van der Waals surface area (Å²) in [7, 11) is 3.52. The van der Waals surface area contributed by atoms with E-state index >= 15 is 0 Å². The first kappa shape index (κ1) is 25.8. The molecule has 198 valence electrons. The Morgan fingerprint density at radius 3 is 2.20 bits per heavy atom. The van der Waals surface area contributed by atoms with Crippen LogP contribution in [0.5, 0.6) is 0 Å². The zero-order chi connectivity index (χ0) is 25.7. The predicted molar refractivity (Wildman–Crippen MR) is 142 cm³/mol. The van der Waals surface area contributed by atoms with Crippen molar-refractivity contribution in [1.29, 1.82) is 0 Å². The van der Waals surface area contributed by atoms with Crippen molar-refractivity contribution >= 4 is 5.97 Å². The van der Waals surface area contributed by atoms with E-state index in [-0.39, 0.29) is 33.0 Å². The fourth-order valence-corrected chi connectivity index (χ4v) is 11.2. The maximum atomic E-state index is 13.4. The van der Waals surface area contributed by atoms with Crippen LogP contribution < -0.4 is 0 Å². The van der Waals surface area contributed by atoms with Gasteiger partial charge in [0.1, 0.15) is 0 Å². The molecule has 5 aliphatic carbocycles. The molecule has 0 amide bonds. The Bertz CT molecular complexity index is 916. The van der Waals surface area contributed by atoms with Crippen molar-refractivity contribution in [3.05, 3.63) is 11.6 Å². The Labute approximate surface area is 215 Å². The van der Waals surface area contributed by atoms with E-state index in [1.54, 1.807) is 12.7 Å². The van der Waals surface area contributed by atoms with Crippen molar-refractivity contribution in [2.75, 3.05) is 14.2 Å². The summed E-state index contributed by atoms with van der Waals surface area (Å²) in [5.41, 5.74) is 2.62. The van der Waals surface area contributed by atoms with E-state index in [9.17, 15) is 4.79 Å². The number of methoxy groups -OCH3 is 2. The molecule has 0 aromatic carbocycles. The van der Waals surface area contributed by atoms with E-state index in [4.69, 9.17) is 9.47 Å². The fourth-order valence-electron chi connectivity index (χ4n) is 11.2. The van der Waals surface area contributed by atoms with Crippen LogP contribution in [-0.2, 0) is 14.3 Å². The molecular formula is C32H52O3. The second-order valence-corrected chi connectivity index (χ2v) is 15.4. The van der Waals surface area contributed by atoms with Gasteiger partial charge in [-0.25, -0.2) is 0 Å². The van der Waals surface area contributed by atoms with Gasteiger partial charge in [0.2, 0.25) is 0 Å². The van der Waals surface area contributed by atoms with Crippen LogP contribution in [0, 0.1) is 50.2 Å². The second kappa shape index (κ2) is 7.84. The number of rotatable bonds is 2. The Balaban J connectivity index is 1.58. The maximum Gasteiger partial charge on any atom is 0.312 e. The second-order valence-electron chi connectivity index (χ2n) is 15.4. The van der Waals surface area contributed by atoms with Crippen LogP contribution in [0.2, 0.25) is 0 Å². The van der Waals surface area contributed by atoms with Crippen molar-refractivity contribution in [1.82, 2.24) is 0 Å². The quantitative estimate of drug-likeness (QED) is 0.294. The normalized spacial score (nSPS) is 50.0. The van der Waals surface area contributed by atoms with E-state index in [1.165, 1.54) is 32.1 Å². The molecule has 0 bridgehead atoms. The number of hydrogen-bond donors (Lipinski definition) is 0. The summed E-state index contributed by atoms with van der Waals surface area (Å²) >= 11 is 0. The number of fused-ring (bicyclic) bond motifs is 7. The largest absolute Gasteiger partial charge is 0.469 e. The molecule has 35 heavy (non-hydrogen) atoms. The predicted octanol–water partition coefficient (Wildman–Crippen LogP) is 7.98. The summed E-state index contributed by atoms with van der Waals surface area (Å²) in [4.78, 5) is 13.4. The maximum absolute atomic E-state index is 13.4. The van der Waals surface area contributed by atoms with Crippen LogP contribution in [0.4, 0.5) is 0 Å². The average molecular weight is 485 g/mol. The molecule has 0 aromatic rings. The summed E-state index contributed by atoms with van der Waals surface area (Å²) in [6, 6.07) is 0. The van der Waals surface area contributed by atoms with E-state index in [0.717, 1.165) is 32.1 Å². The van der Waals surface area contributed by atoms with Crippen LogP contribution in [0.1, 0.15) is 113 Å². The van der Waals surface area contributed by atoms with Crippen LogP contribution in [-0.4, -0.2) is 26.3 Å². The highest BCUT2D eigenvalue weighted by Crippen LogP contribution is 2.75. The lowest BCUT2D eigenvalue weighted by atomic mass is 9.33. The number of esters is 1. The number of carbonyl (C=O) groups is 1. The Morgan fingerprint density at radius 2 is 1.54 bits per heavy atom. The summed E-state index contributed by atoms with van der Waals surface area (Å²) < 4.78 is 11.5. The zero-order valence-corrected chi connectivity index (χ0v) is 24.2. The average Bonchev–Trinajstić information content (AvgIpc) is 2.78. The van der Waals surface area contributed by atoms with Gasteiger partial charge in [-0.05, 0) is 109 Å². The van der Waals surface area contributed by atoms with Crippen molar-refractivity contribution in [2.24, 2.45) is 50.2 Å². The first-order valence-electron chi connectivity index (χ1n) is 14.5. The van der Waals surface area contributed by atoms with Crippen molar-refractivity contribution < 1.29 is 14.3 Å². The Hall–Kier alpha value is -0.830. The van der Waals surface area contributed by atoms with Gasteiger partial charge in [0.15, 0.2) is 0 Å². The minimum Gasteiger partial charge on any atom is -0.469 e. The highest BCUT2D eigenvalue weighted by atomic mass is 16.5. The van der Waals surface area contributed by atoms with Gasteiger partial charge in [-0.2, -0.15) is 0 Å². The lowest BCUT2D eigenvalue weighted by Gasteiger charge is -2.71. The zero-order valence-electron chi connectivity index (χ0n) is 24.2. The lowest BCUT2D eigenvalue weighted by molar-refractivity contribution is -0.209. The Kier molecular flexibility index (Phi) is 5.78. The summed E-state index contributed by atoms with van der Waals surface area (Å²) in [5.74, 6) is 1.79. The van der Waals surface area contributed by atoms with Gasteiger partial charge in [-0.1, -0.05) is 60.1 Å². The van der Waals surface area contributed by atoms with Crippen LogP contribution in [0.3, 0.4) is 0 Å². The van der Waals surface area contributed by atoms with Crippen molar-refractivity contribution in [3.8, 4) is 0 Å². The Morgan fingerprint density at radius 1 is 0.857 bits per heavy atom. The van der Waals surface area contributed by atoms with E-state index in [0.29, 0.717) is 29.3 Å². The van der Waals surface area contributed by atoms with Gasteiger partial charge in [0, 0.05) is 7.11 Å². The summed E-state index contributed by atoms with van der Waals surface area (Å²) in [5, 5.41) is 0. The third-order valence-corrected chi connectivity index (χ3v) is 13.5. The van der Waals surface area contributed by atoms with Crippen molar-refractivity contribution in [3.63, 3.8) is 0 Å². The van der Waals surface area contributed by atoms with E-state index in [2.05, 4.69) is 54.5 Å². The third kappa shape index (κ3) is 3.21. The minimum atomic E-state index is -0.307. The summed E-state index contributed by atoms with van der Waals surface area (Å²) in [6.07, 6.45) is 14.6. The third-order valence-electron chi connectivity index (χ3n) is 13.5. The molecule has 3 heteroatoms. The molecule has 0 spiro atoms. The monoisotopic (exact) mass is 484 g/mol. The van der Waals surface area contributed by atoms with Gasteiger partial charge in [0.05, 0.1) is 18.6 Å².